The lowest BCUT2D eigenvalue weighted by Crippen LogP contribution is -2.29. The van der Waals surface area contributed by atoms with E-state index in [9.17, 15) is 14.4 Å². The van der Waals surface area contributed by atoms with Gasteiger partial charge in [-0.25, -0.2) is 9.78 Å². The van der Waals surface area contributed by atoms with Gasteiger partial charge in [-0.1, -0.05) is 31.5 Å². The Labute approximate surface area is 130 Å². The highest BCUT2D eigenvalue weighted by Gasteiger charge is 2.17. The van der Waals surface area contributed by atoms with Crippen molar-refractivity contribution < 1.29 is 4.79 Å². The quantitative estimate of drug-likeness (QED) is 0.557. The van der Waals surface area contributed by atoms with Crippen LogP contribution in [0.15, 0.2) is 14.7 Å². The number of rotatable bonds is 7. The number of unbranched alkanes of at least 4 members (excludes halogenated alkanes) is 2. The number of nitrogens with zero attached hydrogens (tertiary/aromatic N) is 3. The van der Waals surface area contributed by atoms with Crippen LogP contribution in [0.5, 0.6) is 0 Å². The SMILES string of the molecule is CCCCCn1c(SCC(N)=O)nc2c1c(=O)[nH]c(=O)n2C. The maximum absolute atomic E-state index is 12.1. The predicted octanol–water partition coefficient (Wildman–Crippen LogP) is 0.191. The number of carbonyl (C=O) groups is 1. The van der Waals surface area contributed by atoms with E-state index in [0.29, 0.717) is 22.9 Å². The summed E-state index contributed by atoms with van der Waals surface area (Å²) in [6.07, 6.45) is 2.95. The zero-order valence-electron chi connectivity index (χ0n) is 12.6. The Morgan fingerprint density at radius 1 is 1.36 bits per heavy atom. The van der Waals surface area contributed by atoms with Crippen LogP contribution in [0.1, 0.15) is 26.2 Å². The summed E-state index contributed by atoms with van der Waals surface area (Å²) in [5.74, 6) is -0.386. The zero-order valence-corrected chi connectivity index (χ0v) is 13.4. The van der Waals surface area contributed by atoms with Gasteiger partial charge in [-0.2, -0.15) is 0 Å². The Morgan fingerprint density at radius 3 is 2.73 bits per heavy atom. The van der Waals surface area contributed by atoms with Gasteiger partial charge in [0.25, 0.3) is 5.56 Å². The van der Waals surface area contributed by atoms with Crippen molar-refractivity contribution in [3.8, 4) is 0 Å². The number of amides is 1. The molecule has 0 saturated heterocycles. The van der Waals surface area contributed by atoms with E-state index >= 15 is 0 Å². The summed E-state index contributed by atoms with van der Waals surface area (Å²) in [6.45, 7) is 2.69. The molecule has 2 aromatic rings. The summed E-state index contributed by atoms with van der Waals surface area (Å²) in [5.41, 5.74) is 4.86. The van der Waals surface area contributed by atoms with Crippen LogP contribution in [0, 0.1) is 0 Å². The summed E-state index contributed by atoms with van der Waals surface area (Å²) in [7, 11) is 1.55. The lowest BCUT2D eigenvalue weighted by molar-refractivity contribution is -0.115. The molecule has 0 unspecified atom stereocenters. The van der Waals surface area contributed by atoms with E-state index in [0.717, 1.165) is 19.3 Å². The van der Waals surface area contributed by atoms with Crippen molar-refractivity contribution in [3.05, 3.63) is 20.8 Å². The second-order valence-corrected chi connectivity index (χ2v) is 5.94. The van der Waals surface area contributed by atoms with Crippen molar-refractivity contribution in [2.24, 2.45) is 12.8 Å². The number of H-pyrrole nitrogens is 1. The summed E-state index contributed by atoms with van der Waals surface area (Å²) < 4.78 is 3.05. The van der Waals surface area contributed by atoms with E-state index in [2.05, 4.69) is 16.9 Å². The van der Waals surface area contributed by atoms with Gasteiger partial charge < -0.3 is 10.3 Å². The van der Waals surface area contributed by atoms with Crippen molar-refractivity contribution in [3.63, 3.8) is 0 Å². The fourth-order valence-corrected chi connectivity index (χ4v) is 2.95. The third-order valence-electron chi connectivity index (χ3n) is 3.30. The molecular formula is C13H19N5O3S. The third-order valence-corrected chi connectivity index (χ3v) is 4.30. The van der Waals surface area contributed by atoms with Crippen molar-refractivity contribution in [1.82, 2.24) is 19.1 Å². The van der Waals surface area contributed by atoms with Crippen molar-refractivity contribution in [1.29, 1.82) is 0 Å². The second kappa shape index (κ2) is 6.82. The predicted molar refractivity (Wildman–Crippen MR) is 85.0 cm³/mol. The Balaban J connectivity index is 2.56. The number of hydrogen-bond acceptors (Lipinski definition) is 5. The first-order valence-corrected chi connectivity index (χ1v) is 8.05. The molecule has 0 saturated carbocycles. The molecule has 2 heterocycles. The number of aromatic nitrogens is 4. The van der Waals surface area contributed by atoms with E-state index in [1.807, 2.05) is 0 Å². The van der Waals surface area contributed by atoms with Crippen molar-refractivity contribution in [2.45, 2.75) is 37.9 Å². The molecule has 2 rings (SSSR count). The van der Waals surface area contributed by atoms with Gasteiger partial charge in [0.1, 0.15) is 0 Å². The van der Waals surface area contributed by atoms with Crippen LogP contribution in [0.2, 0.25) is 0 Å². The number of carbonyl (C=O) groups excluding carboxylic acids is 1. The summed E-state index contributed by atoms with van der Waals surface area (Å²) in [4.78, 5) is 41.4. The molecule has 0 radical (unpaired) electrons. The first-order chi connectivity index (χ1) is 10.5. The number of primary amides is 1. The summed E-state index contributed by atoms with van der Waals surface area (Å²) in [5, 5.41) is 0.525. The zero-order chi connectivity index (χ0) is 16.3. The second-order valence-electron chi connectivity index (χ2n) is 5.00. The van der Waals surface area contributed by atoms with E-state index in [-0.39, 0.29) is 5.75 Å². The summed E-state index contributed by atoms with van der Waals surface area (Å²) >= 11 is 1.17. The fourth-order valence-electron chi connectivity index (χ4n) is 2.19. The number of aryl methyl sites for hydroxylation is 2. The molecule has 0 aromatic carbocycles. The van der Waals surface area contributed by atoms with Gasteiger partial charge in [-0.05, 0) is 6.42 Å². The minimum absolute atomic E-state index is 0.0724. The molecule has 0 aliphatic rings. The molecule has 3 N–H and O–H groups in total. The van der Waals surface area contributed by atoms with Crippen LogP contribution in [0.3, 0.4) is 0 Å². The summed E-state index contributed by atoms with van der Waals surface area (Å²) in [6, 6.07) is 0. The number of imidazole rings is 1. The average molecular weight is 325 g/mol. The van der Waals surface area contributed by atoms with Gasteiger partial charge in [0, 0.05) is 13.6 Å². The highest BCUT2D eigenvalue weighted by atomic mass is 32.2. The van der Waals surface area contributed by atoms with E-state index in [1.54, 1.807) is 11.6 Å². The maximum atomic E-state index is 12.1. The van der Waals surface area contributed by atoms with Gasteiger partial charge in [0.2, 0.25) is 5.91 Å². The van der Waals surface area contributed by atoms with Crippen molar-refractivity contribution in [2.75, 3.05) is 5.75 Å². The normalized spacial score (nSPS) is 11.2. The first kappa shape index (κ1) is 16.3. The van der Waals surface area contributed by atoms with Crippen LogP contribution in [0.4, 0.5) is 0 Å². The third kappa shape index (κ3) is 3.24. The molecule has 0 aliphatic heterocycles. The van der Waals surface area contributed by atoms with E-state index in [4.69, 9.17) is 5.73 Å². The molecule has 120 valence electrons. The Hall–Kier alpha value is -2.03. The number of thioether (sulfide) groups is 1. The first-order valence-electron chi connectivity index (χ1n) is 7.06. The molecule has 0 spiro atoms. The Kier molecular flexibility index (Phi) is 5.07. The largest absolute Gasteiger partial charge is 0.369 e. The molecule has 2 aromatic heterocycles. The van der Waals surface area contributed by atoms with Crippen LogP contribution >= 0.6 is 11.8 Å². The van der Waals surface area contributed by atoms with Crippen LogP contribution in [-0.2, 0) is 18.4 Å². The van der Waals surface area contributed by atoms with Gasteiger partial charge in [0.15, 0.2) is 16.3 Å². The average Bonchev–Trinajstić information content (AvgIpc) is 2.82. The van der Waals surface area contributed by atoms with Gasteiger partial charge in [-0.3, -0.25) is 19.1 Å². The molecule has 0 aliphatic carbocycles. The van der Waals surface area contributed by atoms with Gasteiger partial charge in [-0.15, -0.1) is 0 Å². The number of nitrogens with one attached hydrogen (secondary N) is 1. The Bertz CT molecular complexity index is 804. The molecule has 8 nitrogen and oxygen atoms in total. The van der Waals surface area contributed by atoms with Gasteiger partial charge in [0.05, 0.1) is 5.75 Å². The molecule has 1 amide bonds. The van der Waals surface area contributed by atoms with Crippen molar-refractivity contribution >= 4 is 28.8 Å². The molecule has 0 fully saturated rings. The molecule has 0 bridgehead atoms. The molecule has 0 atom stereocenters. The highest BCUT2D eigenvalue weighted by Crippen LogP contribution is 2.22. The highest BCUT2D eigenvalue weighted by molar-refractivity contribution is 7.99. The van der Waals surface area contributed by atoms with Gasteiger partial charge >= 0.3 is 5.69 Å². The van der Waals surface area contributed by atoms with E-state index in [1.165, 1.54) is 16.3 Å². The minimum atomic E-state index is -0.512. The number of fused-ring (bicyclic) bond motifs is 1. The molecule has 9 heteroatoms. The van der Waals surface area contributed by atoms with Crippen LogP contribution in [-0.4, -0.2) is 30.8 Å². The Morgan fingerprint density at radius 2 is 2.09 bits per heavy atom. The lowest BCUT2D eigenvalue weighted by atomic mass is 10.2. The van der Waals surface area contributed by atoms with E-state index < -0.39 is 17.2 Å². The minimum Gasteiger partial charge on any atom is -0.369 e. The lowest BCUT2D eigenvalue weighted by Gasteiger charge is -2.07. The number of nitrogens with two attached hydrogens (primary N) is 1. The molecular weight excluding hydrogens is 306 g/mol. The standard InChI is InChI=1S/C13H19N5O3S/c1-3-4-5-6-18-9-10(15-13(18)22-7-8(14)19)17(2)12(21)16-11(9)20/h3-7H2,1-2H3,(H2,14,19)(H,16,20,21). The maximum Gasteiger partial charge on any atom is 0.329 e. The molecule has 22 heavy (non-hydrogen) atoms. The van der Waals surface area contributed by atoms with Crippen LogP contribution in [0.25, 0.3) is 11.2 Å². The monoisotopic (exact) mass is 325 g/mol. The fraction of sp³-hybridized carbons (Fsp3) is 0.538. The number of hydrogen-bond donors (Lipinski definition) is 2. The topological polar surface area (TPSA) is 116 Å². The smallest absolute Gasteiger partial charge is 0.329 e. The van der Waals surface area contributed by atoms with Crippen LogP contribution < -0.4 is 17.0 Å². The number of aromatic amines is 1.